The van der Waals surface area contributed by atoms with E-state index >= 15 is 0 Å². The third-order valence-corrected chi connectivity index (χ3v) is 5.66. The van der Waals surface area contributed by atoms with Crippen LogP contribution in [0.2, 0.25) is 0 Å². The molecular weight excluding hydrogens is 348 g/mol. The largest absolute Gasteiger partial charge is 0.469 e. The summed E-state index contributed by atoms with van der Waals surface area (Å²) in [4.78, 5) is 31.3. The van der Waals surface area contributed by atoms with Gasteiger partial charge in [-0.25, -0.2) is 4.98 Å². The minimum atomic E-state index is -0.272. The lowest BCUT2D eigenvalue weighted by Crippen LogP contribution is -2.24. The van der Waals surface area contributed by atoms with Crippen LogP contribution in [0.5, 0.6) is 0 Å². The molecule has 0 unspecified atom stereocenters. The Morgan fingerprint density at radius 3 is 2.73 bits per heavy atom. The highest BCUT2D eigenvalue weighted by molar-refractivity contribution is 7.18. The first-order chi connectivity index (χ1) is 12.4. The molecule has 2 aromatic heterocycles. The number of nitrogens with zero attached hydrogens (tertiary/aromatic N) is 2. The summed E-state index contributed by atoms with van der Waals surface area (Å²) >= 11 is 1.55. The minimum Gasteiger partial charge on any atom is -0.469 e. The van der Waals surface area contributed by atoms with Crippen LogP contribution in [0.25, 0.3) is 21.6 Å². The molecule has 3 aromatic rings. The molecule has 0 bridgehead atoms. The van der Waals surface area contributed by atoms with Gasteiger partial charge < -0.3 is 4.74 Å². The van der Waals surface area contributed by atoms with Gasteiger partial charge >= 0.3 is 5.97 Å². The van der Waals surface area contributed by atoms with Gasteiger partial charge in [0, 0.05) is 23.4 Å². The monoisotopic (exact) mass is 370 g/mol. The molecule has 0 aliphatic carbocycles. The molecule has 136 valence electrons. The van der Waals surface area contributed by atoms with Crippen LogP contribution >= 0.6 is 11.3 Å². The molecule has 0 N–H and O–H groups in total. The lowest BCUT2D eigenvalue weighted by molar-refractivity contribution is -0.140. The van der Waals surface area contributed by atoms with Crippen molar-refractivity contribution in [3.8, 4) is 11.4 Å². The summed E-state index contributed by atoms with van der Waals surface area (Å²) < 4.78 is 6.40. The summed E-state index contributed by atoms with van der Waals surface area (Å²) in [5, 5.41) is 0.682. The van der Waals surface area contributed by atoms with Gasteiger partial charge in [0.2, 0.25) is 0 Å². The molecule has 0 saturated heterocycles. The normalized spacial score (nSPS) is 11.1. The van der Waals surface area contributed by atoms with E-state index in [2.05, 4.69) is 0 Å². The zero-order valence-corrected chi connectivity index (χ0v) is 16.3. The predicted molar refractivity (Wildman–Crippen MR) is 105 cm³/mol. The molecule has 0 saturated carbocycles. The van der Waals surface area contributed by atoms with Gasteiger partial charge in [-0.3, -0.25) is 14.2 Å². The molecule has 1 aromatic carbocycles. The van der Waals surface area contributed by atoms with Crippen LogP contribution < -0.4 is 5.56 Å². The number of aromatic nitrogens is 2. The predicted octanol–water partition coefficient (Wildman–Crippen LogP) is 4.00. The molecule has 3 rings (SSSR count). The maximum absolute atomic E-state index is 13.2. The zero-order valence-electron chi connectivity index (χ0n) is 15.5. The van der Waals surface area contributed by atoms with E-state index in [-0.39, 0.29) is 17.9 Å². The van der Waals surface area contributed by atoms with Gasteiger partial charge in [-0.1, -0.05) is 23.8 Å². The van der Waals surface area contributed by atoms with Crippen LogP contribution in [0.1, 0.15) is 28.8 Å². The fraction of sp³-hybridized carbons (Fsp3) is 0.350. The second kappa shape index (κ2) is 7.41. The number of hydrogen-bond acceptors (Lipinski definition) is 5. The maximum atomic E-state index is 13.2. The van der Waals surface area contributed by atoms with E-state index in [1.807, 2.05) is 45.0 Å². The van der Waals surface area contributed by atoms with Gasteiger partial charge in [-0.2, -0.15) is 0 Å². The van der Waals surface area contributed by atoms with Crippen LogP contribution in [0.4, 0.5) is 0 Å². The highest BCUT2D eigenvalue weighted by Gasteiger charge is 2.17. The van der Waals surface area contributed by atoms with Crippen molar-refractivity contribution < 1.29 is 9.53 Å². The number of hydrogen-bond donors (Lipinski definition) is 0. The van der Waals surface area contributed by atoms with Crippen molar-refractivity contribution in [1.82, 2.24) is 9.55 Å². The quantitative estimate of drug-likeness (QED) is 0.637. The fourth-order valence-corrected chi connectivity index (χ4v) is 4.04. The average molecular weight is 370 g/mol. The average Bonchev–Trinajstić information content (AvgIpc) is 2.90. The summed E-state index contributed by atoms with van der Waals surface area (Å²) in [7, 11) is 1.37. The number of thiophene rings is 1. The van der Waals surface area contributed by atoms with Crippen molar-refractivity contribution in [3.63, 3.8) is 0 Å². The number of esters is 1. The summed E-state index contributed by atoms with van der Waals surface area (Å²) in [5.41, 5.74) is 2.96. The first-order valence-corrected chi connectivity index (χ1v) is 9.38. The summed E-state index contributed by atoms with van der Waals surface area (Å²) in [6.07, 6.45) is 0.802. The Morgan fingerprint density at radius 1 is 1.27 bits per heavy atom. The smallest absolute Gasteiger partial charge is 0.305 e. The van der Waals surface area contributed by atoms with Gasteiger partial charge in [-0.15, -0.1) is 11.3 Å². The minimum absolute atomic E-state index is 0.0433. The molecule has 0 aliphatic rings. The van der Waals surface area contributed by atoms with Crippen LogP contribution in [-0.4, -0.2) is 22.6 Å². The third-order valence-electron chi connectivity index (χ3n) is 4.56. The Bertz CT molecular complexity index is 1030. The van der Waals surface area contributed by atoms with Crippen LogP contribution in [0.15, 0.2) is 29.1 Å². The molecule has 0 amide bonds. The van der Waals surface area contributed by atoms with E-state index in [1.165, 1.54) is 7.11 Å². The van der Waals surface area contributed by atoms with Crippen molar-refractivity contribution in [2.24, 2.45) is 0 Å². The Labute approximate surface area is 156 Å². The van der Waals surface area contributed by atoms with E-state index in [9.17, 15) is 9.59 Å². The van der Waals surface area contributed by atoms with Gasteiger partial charge in [0.1, 0.15) is 10.7 Å². The lowest BCUT2D eigenvalue weighted by atomic mass is 10.1. The molecule has 0 atom stereocenters. The number of fused-ring (bicyclic) bond motifs is 1. The zero-order chi connectivity index (χ0) is 18.8. The second-order valence-corrected chi connectivity index (χ2v) is 7.61. The highest BCUT2D eigenvalue weighted by Crippen LogP contribution is 2.29. The first-order valence-electron chi connectivity index (χ1n) is 8.56. The second-order valence-electron chi connectivity index (χ2n) is 6.40. The molecule has 0 aliphatic heterocycles. The Hall–Kier alpha value is -2.47. The van der Waals surface area contributed by atoms with E-state index in [0.29, 0.717) is 24.2 Å². The number of carbonyl (C=O) groups excluding carboxylic acids is 1. The molecular formula is C20H22N2O3S. The van der Waals surface area contributed by atoms with E-state index in [0.717, 1.165) is 26.4 Å². The van der Waals surface area contributed by atoms with Gasteiger partial charge in [-0.05, 0) is 38.8 Å². The topological polar surface area (TPSA) is 61.2 Å². The summed E-state index contributed by atoms with van der Waals surface area (Å²) in [6.45, 7) is 6.41. The van der Waals surface area contributed by atoms with Crippen molar-refractivity contribution in [2.75, 3.05) is 7.11 Å². The van der Waals surface area contributed by atoms with E-state index in [4.69, 9.17) is 9.72 Å². The molecule has 2 heterocycles. The molecule has 0 spiro atoms. The fourth-order valence-electron chi connectivity index (χ4n) is 3.02. The van der Waals surface area contributed by atoms with E-state index < -0.39 is 0 Å². The highest BCUT2D eigenvalue weighted by atomic mass is 32.1. The van der Waals surface area contributed by atoms with Crippen molar-refractivity contribution in [1.29, 1.82) is 0 Å². The standard InChI is InChI=1S/C20H22N2O3S/c1-12-7-5-8-15(11-12)18-21-19-17(13(2)14(3)26-19)20(24)22(18)10-6-9-16(23)25-4/h5,7-8,11H,6,9-10H2,1-4H3. The van der Waals surface area contributed by atoms with Crippen molar-refractivity contribution >= 4 is 27.5 Å². The Morgan fingerprint density at radius 2 is 2.04 bits per heavy atom. The molecule has 6 heteroatoms. The molecule has 0 radical (unpaired) electrons. The van der Waals surface area contributed by atoms with Crippen LogP contribution in [0, 0.1) is 20.8 Å². The molecule has 5 nitrogen and oxygen atoms in total. The third kappa shape index (κ3) is 3.42. The van der Waals surface area contributed by atoms with Gasteiger partial charge in [0.05, 0.1) is 12.5 Å². The Kier molecular flexibility index (Phi) is 5.23. The number of benzene rings is 1. The summed E-state index contributed by atoms with van der Waals surface area (Å²) in [6, 6.07) is 7.97. The number of methoxy groups -OCH3 is 1. The number of rotatable bonds is 5. The number of ether oxygens (including phenoxy) is 1. The number of aryl methyl sites for hydroxylation is 3. The molecule has 26 heavy (non-hydrogen) atoms. The first kappa shape index (κ1) is 18.3. The van der Waals surface area contributed by atoms with Crippen molar-refractivity contribution in [2.45, 2.75) is 40.2 Å². The Balaban J connectivity index is 2.16. The van der Waals surface area contributed by atoms with Crippen LogP contribution in [-0.2, 0) is 16.1 Å². The number of carbonyl (C=O) groups is 1. The van der Waals surface area contributed by atoms with Crippen molar-refractivity contribution in [3.05, 3.63) is 50.6 Å². The molecule has 0 fully saturated rings. The van der Waals surface area contributed by atoms with E-state index in [1.54, 1.807) is 15.9 Å². The maximum Gasteiger partial charge on any atom is 0.305 e. The van der Waals surface area contributed by atoms with Gasteiger partial charge in [0.25, 0.3) is 5.56 Å². The van der Waals surface area contributed by atoms with Crippen LogP contribution in [0.3, 0.4) is 0 Å². The van der Waals surface area contributed by atoms with Gasteiger partial charge in [0.15, 0.2) is 0 Å². The summed E-state index contributed by atoms with van der Waals surface area (Å²) in [5.74, 6) is 0.379. The lowest BCUT2D eigenvalue weighted by Gasteiger charge is -2.13. The SMILES string of the molecule is COC(=O)CCCn1c(-c2cccc(C)c2)nc2sc(C)c(C)c2c1=O.